The predicted molar refractivity (Wildman–Crippen MR) is 61.2 cm³/mol. The lowest BCUT2D eigenvalue weighted by atomic mass is 10.3. The molecule has 0 aliphatic rings. The van der Waals surface area contributed by atoms with Gasteiger partial charge in [-0.15, -0.1) is 0 Å². The van der Waals surface area contributed by atoms with Crippen LogP contribution in [0.15, 0.2) is 34.9 Å². The topological polar surface area (TPSA) is 35.0 Å². The van der Waals surface area contributed by atoms with Gasteiger partial charge in [0.05, 0.1) is 4.47 Å². The molecule has 0 spiro atoms. The van der Waals surface area contributed by atoms with Crippen LogP contribution in [-0.4, -0.2) is 9.97 Å². The highest BCUT2D eigenvalue weighted by atomic mass is 79.9. The van der Waals surface area contributed by atoms with E-state index in [0.29, 0.717) is 0 Å². The molecule has 0 saturated heterocycles. The van der Waals surface area contributed by atoms with E-state index in [4.69, 9.17) is 4.74 Å². The summed E-state index contributed by atoms with van der Waals surface area (Å²) >= 11 is 2.94. The number of benzene rings is 1. The van der Waals surface area contributed by atoms with Crippen molar-refractivity contribution in [3.8, 4) is 11.8 Å². The second-order valence-electron chi connectivity index (χ2n) is 3.40. The van der Waals surface area contributed by atoms with Crippen LogP contribution in [0.4, 0.5) is 17.6 Å². The Morgan fingerprint density at radius 2 is 1.89 bits per heavy atom. The van der Waals surface area contributed by atoms with E-state index in [-0.39, 0.29) is 10.2 Å². The summed E-state index contributed by atoms with van der Waals surface area (Å²) in [5.41, 5.74) is -1.13. The molecule has 1 aromatic carbocycles. The third-order valence-electron chi connectivity index (χ3n) is 2.02. The molecule has 3 nitrogen and oxygen atoms in total. The zero-order valence-electron chi connectivity index (χ0n) is 9.08. The maximum atomic E-state index is 13.2. The molecule has 2 rings (SSSR count). The van der Waals surface area contributed by atoms with Gasteiger partial charge in [0, 0.05) is 12.3 Å². The number of aromatic nitrogens is 2. The summed E-state index contributed by atoms with van der Waals surface area (Å²) in [6, 6.07) is 3.95. The molecule has 2 aromatic rings. The summed E-state index contributed by atoms with van der Waals surface area (Å²) < 4.78 is 55.6. The van der Waals surface area contributed by atoms with Crippen molar-refractivity contribution in [1.29, 1.82) is 0 Å². The third-order valence-corrected chi connectivity index (χ3v) is 2.67. The lowest BCUT2D eigenvalue weighted by Crippen LogP contribution is -2.08. The first kappa shape index (κ1) is 13.7. The molecule has 0 bridgehead atoms. The Labute approximate surface area is 113 Å². The van der Waals surface area contributed by atoms with E-state index in [1.54, 1.807) is 0 Å². The van der Waals surface area contributed by atoms with Crippen LogP contribution < -0.4 is 4.74 Å². The maximum Gasteiger partial charge on any atom is 0.433 e. The van der Waals surface area contributed by atoms with E-state index in [1.165, 1.54) is 12.1 Å². The molecule has 1 aromatic heterocycles. The third kappa shape index (κ3) is 3.40. The molecule has 0 fully saturated rings. The number of rotatable bonds is 2. The number of ether oxygens (including phenoxy) is 1. The predicted octanol–water partition coefficient (Wildman–Crippen LogP) is 4.19. The highest BCUT2D eigenvalue weighted by molar-refractivity contribution is 9.10. The van der Waals surface area contributed by atoms with E-state index in [0.717, 1.165) is 18.3 Å². The number of halogens is 5. The number of hydrogen-bond donors (Lipinski definition) is 0. The Bertz CT molecular complexity index is 603. The van der Waals surface area contributed by atoms with E-state index in [9.17, 15) is 17.6 Å². The summed E-state index contributed by atoms with van der Waals surface area (Å²) in [5, 5.41) is 0. The summed E-state index contributed by atoms with van der Waals surface area (Å²) in [6.45, 7) is 0. The van der Waals surface area contributed by atoms with Crippen molar-refractivity contribution in [2.24, 2.45) is 0 Å². The first-order valence-corrected chi connectivity index (χ1v) is 5.69. The minimum absolute atomic E-state index is 0.0000227. The molecule has 0 radical (unpaired) electrons. The van der Waals surface area contributed by atoms with Crippen LogP contribution in [0.1, 0.15) is 5.69 Å². The van der Waals surface area contributed by atoms with Crippen molar-refractivity contribution >= 4 is 15.9 Å². The van der Waals surface area contributed by atoms with Crippen LogP contribution in [0.5, 0.6) is 11.8 Å². The highest BCUT2D eigenvalue weighted by Gasteiger charge is 2.33. The van der Waals surface area contributed by atoms with Gasteiger partial charge in [-0.05, 0) is 34.1 Å². The second kappa shape index (κ2) is 5.12. The molecular weight excluding hydrogens is 332 g/mol. The summed E-state index contributed by atoms with van der Waals surface area (Å²) in [7, 11) is 0. The van der Waals surface area contributed by atoms with E-state index in [1.807, 2.05) is 0 Å². The largest absolute Gasteiger partial charge is 0.433 e. The first-order chi connectivity index (χ1) is 8.86. The second-order valence-corrected chi connectivity index (χ2v) is 4.25. The molecular formula is C11H5BrF4N2O. The SMILES string of the molecule is Fc1cc(Oc2nccc(C(F)(F)F)n2)ccc1Br. The van der Waals surface area contributed by atoms with Gasteiger partial charge in [-0.25, -0.2) is 9.37 Å². The van der Waals surface area contributed by atoms with E-state index in [2.05, 4.69) is 25.9 Å². The van der Waals surface area contributed by atoms with Crippen molar-refractivity contribution in [1.82, 2.24) is 9.97 Å². The van der Waals surface area contributed by atoms with Gasteiger partial charge in [0.1, 0.15) is 11.6 Å². The maximum absolute atomic E-state index is 13.2. The van der Waals surface area contributed by atoms with Crippen LogP contribution >= 0.6 is 15.9 Å². The lowest BCUT2D eigenvalue weighted by molar-refractivity contribution is -0.141. The number of hydrogen-bond acceptors (Lipinski definition) is 3. The molecule has 8 heteroatoms. The van der Waals surface area contributed by atoms with Crippen LogP contribution in [0.25, 0.3) is 0 Å². The van der Waals surface area contributed by atoms with Crippen molar-refractivity contribution in [3.63, 3.8) is 0 Å². The molecule has 0 aliphatic carbocycles. The average molecular weight is 337 g/mol. The van der Waals surface area contributed by atoms with Gasteiger partial charge in [-0.3, -0.25) is 0 Å². The molecule has 0 N–H and O–H groups in total. The van der Waals surface area contributed by atoms with Gasteiger partial charge in [0.25, 0.3) is 0 Å². The van der Waals surface area contributed by atoms with Crippen molar-refractivity contribution < 1.29 is 22.3 Å². The van der Waals surface area contributed by atoms with E-state index < -0.39 is 23.7 Å². The zero-order chi connectivity index (χ0) is 14.0. The monoisotopic (exact) mass is 336 g/mol. The Morgan fingerprint density at radius 3 is 2.53 bits per heavy atom. The van der Waals surface area contributed by atoms with Crippen molar-refractivity contribution in [2.75, 3.05) is 0 Å². The Morgan fingerprint density at radius 1 is 1.16 bits per heavy atom. The molecule has 0 amide bonds. The highest BCUT2D eigenvalue weighted by Crippen LogP contribution is 2.29. The molecule has 19 heavy (non-hydrogen) atoms. The summed E-state index contributed by atoms with van der Waals surface area (Å²) in [4.78, 5) is 6.73. The molecule has 100 valence electrons. The minimum Gasteiger partial charge on any atom is -0.424 e. The van der Waals surface area contributed by atoms with Gasteiger partial charge in [-0.2, -0.15) is 18.2 Å². The fourth-order valence-electron chi connectivity index (χ4n) is 1.19. The van der Waals surface area contributed by atoms with Crippen LogP contribution in [0.2, 0.25) is 0 Å². The van der Waals surface area contributed by atoms with Crippen molar-refractivity contribution in [3.05, 3.63) is 46.4 Å². The molecule has 0 aliphatic heterocycles. The van der Waals surface area contributed by atoms with Gasteiger partial charge in [0.15, 0.2) is 5.69 Å². The van der Waals surface area contributed by atoms with Crippen molar-refractivity contribution in [2.45, 2.75) is 6.18 Å². The van der Waals surface area contributed by atoms with Gasteiger partial charge in [-0.1, -0.05) is 0 Å². The number of nitrogens with zero attached hydrogens (tertiary/aromatic N) is 2. The fourth-order valence-corrected chi connectivity index (χ4v) is 1.44. The van der Waals surface area contributed by atoms with Crippen LogP contribution in [0.3, 0.4) is 0 Å². The Hall–Kier alpha value is -1.70. The number of alkyl halides is 3. The Kier molecular flexibility index (Phi) is 3.70. The fraction of sp³-hybridized carbons (Fsp3) is 0.0909. The smallest absolute Gasteiger partial charge is 0.424 e. The zero-order valence-corrected chi connectivity index (χ0v) is 10.7. The van der Waals surface area contributed by atoms with Crippen LogP contribution in [0, 0.1) is 5.82 Å². The van der Waals surface area contributed by atoms with Gasteiger partial charge >= 0.3 is 12.2 Å². The molecule has 0 atom stereocenters. The first-order valence-electron chi connectivity index (χ1n) is 4.89. The molecule has 0 saturated carbocycles. The average Bonchev–Trinajstić information content (AvgIpc) is 2.33. The standard InChI is InChI=1S/C11H5BrF4N2O/c12-7-2-1-6(5-8(7)13)19-10-17-4-3-9(18-10)11(14,15)16/h1-5H. The normalized spacial score (nSPS) is 11.4. The van der Waals surface area contributed by atoms with Gasteiger partial charge in [0.2, 0.25) is 0 Å². The lowest BCUT2D eigenvalue weighted by Gasteiger charge is -2.08. The van der Waals surface area contributed by atoms with Crippen LogP contribution in [-0.2, 0) is 6.18 Å². The van der Waals surface area contributed by atoms with Gasteiger partial charge < -0.3 is 4.74 Å². The van der Waals surface area contributed by atoms with E-state index >= 15 is 0 Å². The summed E-state index contributed by atoms with van der Waals surface area (Å²) in [6.07, 6.45) is -3.67. The Balaban J connectivity index is 2.26. The molecule has 0 unspecified atom stereocenters. The molecule has 1 heterocycles. The quantitative estimate of drug-likeness (QED) is 0.771. The minimum atomic E-state index is -4.59. The summed E-state index contributed by atoms with van der Waals surface area (Å²) in [5.74, 6) is -0.607.